The van der Waals surface area contributed by atoms with Crippen LogP contribution in [0.2, 0.25) is 0 Å². The lowest BCUT2D eigenvalue weighted by Gasteiger charge is -2.49. The van der Waals surface area contributed by atoms with Crippen molar-refractivity contribution in [3.8, 4) is 0 Å². The van der Waals surface area contributed by atoms with Crippen LogP contribution < -0.4 is 0 Å². The molecule has 0 nitrogen and oxygen atoms in total. The van der Waals surface area contributed by atoms with E-state index in [0.29, 0.717) is 84.5 Å². The Morgan fingerprint density at radius 2 is 0.653 bits per heavy atom. The Morgan fingerprint density at radius 3 is 0.890 bits per heavy atom. The molecule has 5 atom stereocenters. The van der Waals surface area contributed by atoms with Crippen molar-refractivity contribution in [2.45, 2.75) is 465 Å². The van der Waals surface area contributed by atoms with Crippen LogP contribution in [0.1, 0.15) is 368 Å². The predicted molar refractivity (Wildman–Crippen MR) is 407 cm³/mol. The zero-order valence-electron chi connectivity index (χ0n) is 73.2. The minimum absolute atomic E-state index is 0.247. The molecule has 0 N–H and O–H groups in total. The molecule has 0 saturated heterocycles. The van der Waals surface area contributed by atoms with Crippen LogP contribution in [-0.2, 0) is 0 Å². The van der Waals surface area contributed by atoms with Gasteiger partial charge < -0.3 is 0 Å². The van der Waals surface area contributed by atoms with Crippen molar-refractivity contribution < 1.29 is 136 Å². The second-order valence-electron chi connectivity index (χ2n) is 38.8. The van der Waals surface area contributed by atoms with Gasteiger partial charge in [0, 0.05) is 11.8 Å². The average molecular weight is 1770 g/mol. The van der Waals surface area contributed by atoms with E-state index in [-0.39, 0.29) is 19.3 Å². The Morgan fingerprint density at radius 1 is 0.339 bits per heavy atom. The standard InChI is InChI=1S/C9H11F7.C9H13F5.2C9H15F3.C9H18.C8H13F3.C8H16.C7H9F5.C7H8.C6H7F5.C6H14/c1-6(5(10)11)3-4-7(2,12)9(15,16)8(6,13)14;1-6(2)4-5-7(3,10)9(13,14)8(6,11)12;1-7-3-5-8(2,6-4-7)9(10,11)12;1-2-8(9(10,11)12)6-4-3-5-7-8;1-3-9(2)7-5-4-6-8-9;1-2-7(8(9,10)11)5-3-4-6-7;1-3-8(2)6-4-5-7-8;1-5(8)2-3-6(9,10)4-7(5,11)12;1-7-5-3-2-4-6-7;1-4(7)2-5(8,9)3-6(4,10)11;1-5-6(2,3)4/h5H,3-4H2,1-2H3;4-5H2,1-3H3;7H,3-6H2,1-2H3;2-7H2,1H3;3-8H2,1-2H3;2-6H2,1H3;3-7H2,1-2H3;2-4H2,1H3;2-6H,1H3;2-3H2,1H3;5H2,1-4H3. The topological polar surface area (TPSA) is 0 Å². The Kier molecular flexibility index (Phi) is 41.5. The summed E-state index contributed by atoms with van der Waals surface area (Å²) in [6.07, 6.45) is 0.467. The van der Waals surface area contributed by atoms with Gasteiger partial charge in [0.2, 0.25) is 6.43 Å². The van der Waals surface area contributed by atoms with Crippen LogP contribution >= 0.6 is 0 Å². The highest BCUT2D eigenvalue weighted by molar-refractivity contribution is 5.14. The van der Waals surface area contributed by atoms with Crippen molar-refractivity contribution in [2.24, 2.45) is 49.2 Å². The molecule has 9 saturated carbocycles. The summed E-state index contributed by atoms with van der Waals surface area (Å²) >= 11 is 0. The third-order valence-corrected chi connectivity index (χ3v) is 27.1. The van der Waals surface area contributed by atoms with Crippen molar-refractivity contribution in [1.29, 1.82) is 0 Å². The number of hydrogen-bond acceptors (Lipinski definition) is 0. The fourth-order valence-electron chi connectivity index (χ4n) is 15.3. The summed E-state index contributed by atoms with van der Waals surface area (Å²) in [6.45, 7) is 31.6. The molecule has 10 rings (SSSR count). The third-order valence-electron chi connectivity index (χ3n) is 27.1. The number of rotatable bonds is 5. The number of aryl methyl sites for hydroxylation is 1. The number of alkyl halides is 31. The molecule has 9 fully saturated rings. The summed E-state index contributed by atoms with van der Waals surface area (Å²) in [5.74, 6) is -33.4. The molecule has 0 amide bonds. The lowest BCUT2D eigenvalue weighted by molar-refractivity contribution is -0.350. The Balaban J connectivity index is 0.00000129. The molecule has 1 aromatic carbocycles. The summed E-state index contributed by atoms with van der Waals surface area (Å²) in [6, 6.07) is 10.3. The lowest BCUT2D eigenvalue weighted by atomic mass is 9.66. The highest BCUT2D eigenvalue weighted by atomic mass is 19.4. The van der Waals surface area contributed by atoms with Crippen LogP contribution in [0.25, 0.3) is 0 Å². The molecule has 0 aliphatic heterocycles. The first kappa shape index (κ1) is 115. The normalized spacial score (nSPS) is 31.7. The van der Waals surface area contributed by atoms with E-state index in [9.17, 15) is 136 Å². The maximum absolute atomic E-state index is 13.3. The molecule has 1 aromatic rings. The van der Waals surface area contributed by atoms with Gasteiger partial charge in [0.25, 0.3) is 23.7 Å². The number of halogens is 31. The van der Waals surface area contributed by atoms with Crippen molar-refractivity contribution in [1.82, 2.24) is 0 Å². The molecule has 0 heterocycles. The van der Waals surface area contributed by atoms with Crippen molar-refractivity contribution in [3.63, 3.8) is 0 Å². The lowest BCUT2D eigenvalue weighted by Crippen LogP contribution is -2.67. The minimum Gasteiger partial charge on any atom is -0.238 e. The minimum atomic E-state index is -5.09. The Labute approximate surface area is 683 Å². The van der Waals surface area contributed by atoms with Gasteiger partial charge in [0.1, 0.15) is 0 Å². The average Bonchev–Trinajstić information content (AvgIpc) is 1.04. The molecule has 9 aliphatic rings. The van der Waals surface area contributed by atoms with E-state index >= 15 is 0 Å². The first-order valence-electron chi connectivity index (χ1n) is 41.8. The predicted octanol–water partition coefficient (Wildman–Crippen LogP) is 35.8. The molecular formula is C87H139F31. The highest BCUT2D eigenvalue weighted by Gasteiger charge is 2.80. The Hall–Kier alpha value is -2.95. The van der Waals surface area contributed by atoms with E-state index in [1.165, 1.54) is 89.5 Å². The van der Waals surface area contributed by atoms with Crippen molar-refractivity contribution >= 4 is 0 Å². The molecule has 0 spiro atoms. The van der Waals surface area contributed by atoms with E-state index in [4.69, 9.17) is 0 Å². The molecule has 9 aliphatic carbocycles. The molecule has 118 heavy (non-hydrogen) atoms. The van der Waals surface area contributed by atoms with E-state index < -0.39 is 173 Å². The number of hydrogen-bond donors (Lipinski definition) is 0. The van der Waals surface area contributed by atoms with Gasteiger partial charge in [-0.2, -0.15) is 74.6 Å². The van der Waals surface area contributed by atoms with E-state index in [1.54, 1.807) is 13.8 Å². The summed E-state index contributed by atoms with van der Waals surface area (Å²) in [5, 5.41) is 0. The maximum atomic E-state index is 13.3. The quantitative estimate of drug-likeness (QED) is 0.258. The van der Waals surface area contributed by atoms with Gasteiger partial charge in [0.15, 0.2) is 22.7 Å². The van der Waals surface area contributed by atoms with Gasteiger partial charge in [0.05, 0.1) is 40.9 Å². The van der Waals surface area contributed by atoms with Crippen molar-refractivity contribution in [3.05, 3.63) is 35.9 Å². The summed E-state index contributed by atoms with van der Waals surface area (Å²) in [5.41, 5.74) is -18.2. The largest absolute Gasteiger partial charge is 0.394 e. The van der Waals surface area contributed by atoms with Gasteiger partial charge >= 0.3 is 42.2 Å². The fourth-order valence-corrected chi connectivity index (χ4v) is 15.3. The van der Waals surface area contributed by atoms with Gasteiger partial charge in [-0.1, -0.05) is 216 Å². The molecule has 0 aromatic heterocycles. The monoisotopic (exact) mass is 1770 g/mol. The van der Waals surface area contributed by atoms with E-state index in [0.717, 1.165) is 69.6 Å². The van der Waals surface area contributed by atoms with Crippen LogP contribution in [0.5, 0.6) is 0 Å². The van der Waals surface area contributed by atoms with Gasteiger partial charge in [-0.25, -0.2) is 61.5 Å². The smallest absolute Gasteiger partial charge is 0.238 e. The fraction of sp³-hybridized carbons (Fsp3) is 0.931. The highest BCUT2D eigenvalue weighted by Crippen LogP contribution is 2.64. The maximum Gasteiger partial charge on any atom is 0.394 e. The number of benzene rings is 1. The van der Waals surface area contributed by atoms with Crippen LogP contribution in [0.15, 0.2) is 30.3 Å². The van der Waals surface area contributed by atoms with E-state index in [1.807, 2.05) is 25.1 Å². The Bertz CT molecular complexity index is 2920. The first-order chi connectivity index (χ1) is 52.6. The first-order valence-corrected chi connectivity index (χ1v) is 41.8. The van der Waals surface area contributed by atoms with Crippen LogP contribution in [0, 0.1) is 56.2 Å². The SMILES string of the molecule is CC1(C)CCC(C)(F)C(F)(F)C1(F)F.CC1(F)CC(F)(F)CC1(F)F.CC1(F)CCC(C)(C(F)F)C(F)(F)C1(F)F.CC1(F)CCC(F)(F)CC1(F)F.CC1CCC(C)(C(F)(F)F)CC1.CCC(C)(C)C.CCC1(C(F)(F)F)CCCC1.CCC1(C(F)(F)F)CCCCC1.CCC1(C)CCCC1.CCC1(C)CCCCC1.Cc1ccccc1. The van der Waals surface area contributed by atoms with E-state index in [2.05, 4.69) is 74.4 Å². The van der Waals surface area contributed by atoms with Crippen LogP contribution in [0.3, 0.4) is 0 Å². The second-order valence-corrected chi connectivity index (χ2v) is 38.8. The zero-order chi connectivity index (χ0) is 93.2. The van der Waals surface area contributed by atoms with Gasteiger partial charge in [-0.3, -0.25) is 0 Å². The van der Waals surface area contributed by atoms with Crippen LogP contribution in [-0.4, -0.2) is 95.0 Å². The summed E-state index contributed by atoms with van der Waals surface area (Å²) in [4.78, 5) is 0. The molecule has 31 heteroatoms. The second kappa shape index (κ2) is 42.6. The van der Waals surface area contributed by atoms with Crippen molar-refractivity contribution in [2.75, 3.05) is 0 Å². The molecule has 0 radical (unpaired) electrons. The molecule has 5 unspecified atom stereocenters. The molecule has 704 valence electrons. The third kappa shape index (κ3) is 31.0. The summed E-state index contributed by atoms with van der Waals surface area (Å²) in [7, 11) is 0. The zero-order valence-corrected chi connectivity index (χ0v) is 73.2. The van der Waals surface area contributed by atoms with Gasteiger partial charge in [-0.05, 0) is 186 Å². The summed E-state index contributed by atoms with van der Waals surface area (Å²) < 4.78 is 394. The van der Waals surface area contributed by atoms with Gasteiger partial charge in [-0.15, -0.1) is 0 Å². The molecular weight excluding hydrogens is 1630 g/mol. The molecule has 0 bridgehead atoms. The van der Waals surface area contributed by atoms with Crippen LogP contribution in [0.4, 0.5) is 136 Å².